The number of ether oxygens (including phenoxy) is 2. The van der Waals surface area contributed by atoms with E-state index in [4.69, 9.17) is 9.47 Å². The molecule has 4 rings (SSSR count). The normalized spacial score (nSPS) is 11.0. The Labute approximate surface area is 194 Å². The number of anilines is 1. The zero-order valence-corrected chi connectivity index (χ0v) is 19.1. The Hall–Kier alpha value is -4.04. The fraction of sp³-hybridized carbons (Fsp3) is 0.120. The topological polar surface area (TPSA) is 81.1 Å². The average molecular weight is 460 g/mol. The molecule has 0 N–H and O–H groups in total. The van der Waals surface area contributed by atoms with E-state index in [1.807, 2.05) is 49.4 Å². The molecular weight excluding hydrogens is 438 g/mol. The van der Waals surface area contributed by atoms with Gasteiger partial charge in [0.25, 0.3) is 5.91 Å². The molecule has 7 nitrogen and oxygen atoms in total. The van der Waals surface area contributed by atoms with Gasteiger partial charge in [0.15, 0.2) is 0 Å². The number of aryl methyl sites for hydroxylation is 1. The molecule has 0 bridgehead atoms. The van der Waals surface area contributed by atoms with Gasteiger partial charge in [0, 0.05) is 5.56 Å². The third kappa shape index (κ3) is 4.91. The number of hydrogen-bond acceptors (Lipinski definition) is 7. The van der Waals surface area contributed by atoms with E-state index in [0.29, 0.717) is 22.0 Å². The molecule has 0 saturated carbocycles. The summed E-state index contributed by atoms with van der Waals surface area (Å²) in [7, 11) is 2.91. The molecule has 1 heterocycles. The van der Waals surface area contributed by atoms with Crippen LogP contribution in [0.4, 0.5) is 5.13 Å². The van der Waals surface area contributed by atoms with Crippen molar-refractivity contribution in [3.8, 4) is 5.75 Å². The van der Waals surface area contributed by atoms with Crippen molar-refractivity contribution in [2.24, 2.45) is 5.10 Å². The van der Waals surface area contributed by atoms with Gasteiger partial charge in [-0.05, 0) is 55.0 Å². The van der Waals surface area contributed by atoms with Crippen LogP contribution < -0.4 is 9.75 Å². The second-order valence-corrected chi connectivity index (χ2v) is 8.18. The first kappa shape index (κ1) is 22.2. The molecule has 0 atom stereocenters. The van der Waals surface area contributed by atoms with Crippen molar-refractivity contribution in [3.63, 3.8) is 0 Å². The van der Waals surface area contributed by atoms with Crippen LogP contribution in [0.25, 0.3) is 10.2 Å². The highest BCUT2D eigenvalue weighted by Crippen LogP contribution is 2.32. The minimum atomic E-state index is -0.469. The minimum absolute atomic E-state index is 0.357. The maximum Gasteiger partial charge on any atom is 0.337 e. The Kier molecular flexibility index (Phi) is 6.46. The lowest BCUT2D eigenvalue weighted by Crippen LogP contribution is -2.25. The van der Waals surface area contributed by atoms with E-state index in [2.05, 4.69) is 10.1 Å². The summed E-state index contributed by atoms with van der Waals surface area (Å²) in [6, 6.07) is 19.6. The number of carbonyl (C=O) groups excluding carboxylic acids is 2. The maximum absolute atomic E-state index is 13.4. The van der Waals surface area contributed by atoms with E-state index in [1.54, 1.807) is 37.6 Å². The van der Waals surface area contributed by atoms with Crippen LogP contribution in [0.3, 0.4) is 0 Å². The number of thiazole rings is 1. The van der Waals surface area contributed by atoms with Crippen LogP contribution in [0, 0.1) is 6.92 Å². The van der Waals surface area contributed by atoms with Crippen molar-refractivity contribution in [1.29, 1.82) is 0 Å². The molecule has 0 unspecified atom stereocenters. The highest BCUT2D eigenvalue weighted by Gasteiger charge is 2.21. The monoisotopic (exact) mass is 459 g/mol. The summed E-state index contributed by atoms with van der Waals surface area (Å²) in [4.78, 5) is 29.7. The number of fused-ring (bicyclic) bond motifs is 1. The van der Waals surface area contributed by atoms with Gasteiger partial charge in [-0.15, -0.1) is 0 Å². The zero-order valence-electron chi connectivity index (χ0n) is 18.3. The van der Waals surface area contributed by atoms with Crippen LogP contribution in [0.15, 0.2) is 71.8 Å². The fourth-order valence-electron chi connectivity index (χ4n) is 3.06. The van der Waals surface area contributed by atoms with Crippen molar-refractivity contribution in [2.75, 3.05) is 19.2 Å². The number of benzene rings is 3. The summed E-state index contributed by atoms with van der Waals surface area (Å²) in [5.74, 6) is -0.138. The number of hydrazone groups is 1. The molecule has 0 aliphatic heterocycles. The summed E-state index contributed by atoms with van der Waals surface area (Å²) in [6.07, 6.45) is 1.62. The first-order valence-corrected chi connectivity index (χ1v) is 10.9. The summed E-state index contributed by atoms with van der Waals surface area (Å²) in [5.41, 5.74) is 3.43. The molecule has 8 heteroatoms. The number of hydrogen-bond donors (Lipinski definition) is 0. The van der Waals surface area contributed by atoms with Crippen LogP contribution in [0.2, 0.25) is 0 Å². The number of rotatable bonds is 6. The minimum Gasteiger partial charge on any atom is -0.497 e. The Morgan fingerprint density at radius 3 is 2.33 bits per heavy atom. The lowest BCUT2D eigenvalue weighted by Gasteiger charge is -2.14. The first-order chi connectivity index (χ1) is 16.0. The van der Waals surface area contributed by atoms with Gasteiger partial charge in [-0.2, -0.15) is 10.1 Å². The Morgan fingerprint density at radius 1 is 0.970 bits per heavy atom. The van der Waals surface area contributed by atoms with Gasteiger partial charge in [0.1, 0.15) is 5.75 Å². The van der Waals surface area contributed by atoms with E-state index in [9.17, 15) is 9.59 Å². The number of esters is 1. The predicted molar refractivity (Wildman–Crippen MR) is 130 cm³/mol. The van der Waals surface area contributed by atoms with E-state index in [0.717, 1.165) is 21.3 Å². The van der Waals surface area contributed by atoms with Gasteiger partial charge in [-0.1, -0.05) is 41.2 Å². The number of amides is 1. The number of carbonyl (C=O) groups is 2. The summed E-state index contributed by atoms with van der Waals surface area (Å²) >= 11 is 1.33. The molecule has 0 saturated heterocycles. The molecule has 166 valence electrons. The third-order valence-corrected chi connectivity index (χ3v) is 5.90. The molecule has 1 amide bonds. The van der Waals surface area contributed by atoms with Crippen LogP contribution >= 0.6 is 11.3 Å². The highest BCUT2D eigenvalue weighted by molar-refractivity contribution is 7.22. The van der Waals surface area contributed by atoms with Gasteiger partial charge in [0.2, 0.25) is 5.13 Å². The highest BCUT2D eigenvalue weighted by atomic mass is 32.1. The number of methoxy groups -OCH3 is 2. The van der Waals surface area contributed by atoms with Crippen LogP contribution in [0.5, 0.6) is 5.75 Å². The molecule has 1 aromatic heterocycles. The van der Waals surface area contributed by atoms with Crippen molar-refractivity contribution < 1.29 is 19.1 Å². The molecule has 0 radical (unpaired) electrons. The lowest BCUT2D eigenvalue weighted by atomic mass is 10.1. The molecular formula is C25H21N3O4S. The van der Waals surface area contributed by atoms with E-state index in [-0.39, 0.29) is 5.91 Å². The Balaban J connectivity index is 1.72. The molecule has 4 aromatic rings. The molecule has 0 fully saturated rings. The summed E-state index contributed by atoms with van der Waals surface area (Å²) < 4.78 is 10.9. The molecule has 0 spiro atoms. The van der Waals surface area contributed by atoms with Gasteiger partial charge in [0.05, 0.1) is 36.2 Å². The van der Waals surface area contributed by atoms with E-state index in [1.165, 1.54) is 23.5 Å². The lowest BCUT2D eigenvalue weighted by molar-refractivity contribution is 0.0600. The molecule has 33 heavy (non-hydrogen) atoms. The summed E-state index contributed by atoms with van der Waals surface area (Å²) in [6.45, 7) is 2.00. The second kappa shape index (κ2) is 9.62. The fourth-order valence-corrected chi connectivity index (χ4v) is 4.02. The van der Waals surface area contributed by atoms with Crippen molar-refractivity contribution >= 4 is 44.8 Å². The van der Waals surface area contributed by atoms with E-state index < -0.39 is 5.97 Å². The van der Waals surface area contributed by atoms with Gasteiger partial charge >= 0.3 is 5.97 Å². The second-order valence-electron chi connectivity index (χ2n) is 7.17. The summed E-state index contributed by atoms with van der Waals surface area (Å²) in [5, 5.41) is 6.15. The van der Waals surface area contributed by atoms with Gasteiger partial charge in [-0.3, -0.25) is 4.79 Å². The number of nitrogens with zero attached hydrogens (tertiary/aromatic N) is 3. The van der Waals surface area contributed by atoms with Gasteiger partial charge < -0.3 is 9.47 Å². The Morgan fingerprint density at radius 2 is 1.67 bits per heavy atom. The predicted octanol–water partition coefficient (Wildman–Crippen LogP) is 5.08. The molecule has 3 aromatic carbocycles. The van der Waals surface area contributed by atoms with Crippen LogP contribution in [0.1, 0.15) is 31.8 Å². The first-order valence-electron chi connectivity index (χ1n) is 10.1. The van der Waals surface area contributed by atoms with Crippen LogP contribution in [-0.2, 0) is 4.74 Å². The van der Waals surface area contributed by atoms with E-state index >= 15 is 0 Å². The third-order valence-electron chi connectivity index (χ3n) is 4.91. The quantitative estimate of drug-likeness (QED) is 0.228. The van der Waals surface area contributed by atoms with Crippen molar-refractivity contribution in [1.82, 2.24) is 4.98 Å². The average Bonchev–Trinajstić information content (AvgIpc) is 3.27. The van der Waals surface area contributed by atoms with Crippen LogP contribution in [-0.4, -0.2) is 37.3 Å². The molecule has 0 aliphatic carbocycles. The smallest absolute Gasteiger partial charge is 0.337 e. The Bertz CT molecular complexity index is 1330. The van der Waals surface area contributed by atoms with Crippen molar-refractivity contribution in [2.45, 2.75) is 6.92 Å². The standard InChI is InChI=1S/C25H21N3O4S/c1-16-4-6-17(7-5-16)15-26-28(23(29)18-8-10-19(11-9-18)24(30)32-3)25-27-21-13-12-20(31-2)14-22(21)33-25/h4-15H,1-3H3/b26-15+. The SMILES string of the molecule is COC(=O)c1ccc(C(=O)N(/N=C/c2ccc(C)cc2)c2nc3ccc(OC)cc3s2)cc1. The maximum atomic E-state index is 13.4. The number of aromatic nitrogens is 1. The largest absolute Gasteiger partial charge is 0.497 e. The van der Waals surface area contributed by atoms with Gasteiger partial charge in [-0.25, -0.2) is 9.78 Å². The molecule has 0 aliphatic rings. The van der Waals surface area contributed by atoms with Crippen molar-refractivity contribution in [3.05, 3.63) is 89.0 Å². The zero-order chi connectivity index (χ0) is 23.4.